The Labute approximate surface area is 171 Å². The van der Waals surface area contributed by atoms with Crippen LogP contribution in [-0.2, 0) is 22.7 Å². The van der Waals surface area contributed by atoms with Crippen LogP contribution in [0, 0.1) is 5.82 Å². The first-order valence-corrected chi connectivity index (χ1v) is 9.37. The van der Waals surface area contributed by atoms with Gasteiger partial charge in [0.05, 0.1) is 19.3 Å². The van der Waals surface area contributed by atoms with E-state index < -0.39 is 17.6 Å². The molecule has 0 saturated carbocycles. The summed E-state index contributed by atoms with van der Waals surface area (Å²) < 4.78 is 14.8. The van der Waals surface area contributed by atoms with Crippen molar-refractivity contribution in [3.63, 3.8) is 0 Å². The lowest BCUT2D eigenvalue weighted by atomic mass is 10.2. The van der Waals surface area contributed by atoms with Crippen LogP contribution in [0.4, 0.5) is 10.1 Å². The summed E-state index contributed by atoms with van der Waals surface area (Å²) in [5, 5.41) is 8.84. The summed E-state index contributed by atoms with van der Waals surface area (Å²) in [5.41, 5.74) is 2.11. The summed E-state index contributed by atoms with van der Waals surface area (Å²) in [6, 6.07) is 12.9. The number of benzene rings is 2. The van der Waals surface area contributed by atoms with E-state index in [4.69, 9.17) is 11.6 Å². The quantitative estimate of drug-likeness (QED) is 0.602. The van der Waals surface area contributed by atoms with Gasteiger partial charge in [0, 0.05) is 23.8 Å². The van der Waals surface area contributed by atoms with Gasteiger partial charge in [-0.25, -0.2) is 9.07 Å². The Morgan fingerprint density at radius 1 is 0.931 bits per heavy atom. The smallest absolute Gasteiger partial charge is 0.316 e. The third-order valence-electron chi connectivity index (χ3n) is 4.64. The molecular weight excluding hydrogens is 397 g/mol. The molecular formula is C20H17ClFN5O2. The monoisotopic (exact) mass is 413 g/mol. The molecule has 1 fully saturated rings. The van der Waals surface area contributed by atoms with Crippen molar-refractivity contribution in [2.24, 2.45) is 0 Å². The van der Waals surface area contributed by atoms with Crippen molar-refractivity contribution >= 4 is 29.1 Å². The molecule has 0 atom stereocenters. The number of nitrogens with zero attached hydrogens (tertiary/aromatic N) is 5. The minimum Gasteiger partial charge on any atom is -0.327 e. The van der Waals surface area contributed by atoms with Crippen molar-refractivity contribution < 1.29 is 14.0 Å². The zero-order chi connectivity index (χ0) is 20.4. The topological polar surface area (TPSA) is 71.3 Å². The van der Waals surface area contributed by atoms with Gasteiger partial charge in [-0.05, 0) is 42.0 Å². The summed E-state index contributed by atoms with van der Waals surface area (Å²) >= 11 is 5.89. The van der Waals surface area contributed by atoms with Gasteiger partial charge >= 0.3 is 11.8 Å². The van der Waals surface area contributed by atoms with Gasteiger partial charge in [-0.2, -0.15) is 0 Å². The number of halogens is 2. The molecule has 2 heterocycles. The Kier molecular flexibility index (Phi) is 5.26. The van der Waals surface area contributed by atoms with Gasteiger partial charge in [-0.15, -0.1) is 5.10 Å². The van der Waals surface area contributed by atoms with E-state index in [0.717, 1.165) is 5.56 Å². The van der Waals surface area contributed by atoms with Crippen molar-refractivity contribution in [2.45, 2.75) is 13.1 Å². The van der Waals surface area contributed by atoms with Crippen LogP contribution in [0.5, 0.6) is 0 Å². The number of amides is 2. The number of piperazine rings is 1. The largest absolute Gasteiger partial charge is 0.327 e. The molecule has 4 rings (SSSR count). The summed E-state index contributed by atoms with van der Waals surface area (Å²) in [7, 11) is 0. The summed E-state index contributed by atoms with van der Waals surface area (Å²) in [4.78, 5) is 27.8. The van der Waals surface area contributed by atoms with E-state index in [1.54, 1.807) is 23.0 Å². The number of hydrogen-bond acceptors (Lipinski definition) is 4. The first kappa shape index (κ1) is 19.1. The molecule has 1 aliphatic heterocycles. The molecule has 2 amide bonds. The van der Waals surface area contributed by atoms with Crippen LogP contribution in [-0.4, -0.2) is 44.8 Å². The van der Waals surface area contributed by atoms with Crippen molar-refractivity contribution in [1.29, 1.82) is 0 Å². The van der Waals surface area contributed by atoms with Gasteiger partial charge in [0.15, 0.2) is 0 Å². The molecule has 0 N–H and O–H groups in total. The molecule has 1 aromatic heterocycles. The molecule has 29 heavy (non-hydrogen) atoms. The highest BCUT2D eigenvalue weighted by atomic mass is 35.5. The molecule has 7 nitrogen and oxygen atoms in total. The van der Waals surface area contributed by atoms with Crippen LogP contribution in [0.15, 0.2) is 54.7 Å². The molecule has 0 bridgehead atoms. The second kappa shape index (κ2) is 8.00. The maximum Gasteiger partial charge on any atom is 0.316 e. The normalized spacial score (nSPS) is 14.6. The number of anilines is 1. The predicted molar refractivity (Wildman–Crippen MR) is 105 cm³/mol. The summed E-state index contributed by atoms with van der Waals surface area (Å²) in [6.45, 7) is 1.40. The molecule has 0 unspecified atom stereocenters. The standard InChI is InChI=1S/C20H17ClFN5O2/c21-15-3-1-14(2-4-15)11-26-13-17(23-24-26)12-25-9-10-27(20(29)19(25)28)18-7-5-16(22)6-8-18/h1-8,13H,9-12H2. The van der Waals surface area contributed by atoms with Crippen LogP contribution in [0.3, 0.4) is 0 Å². The van der Waals surface area contributed by atoms with Crippen LogP contribution in [0.25, 0.3) is 0 Å². The molecule has 2 aromatic carbocycles. The van der Waals surface area contributed by atoms with Gasteiger partial charge in [0.1, 0.15) is 11.5 Å². The van der Waals surface area contributed by atoms with E-state index in [9.17, 15) is 14.0 Å². The average Bonchev–Trinajstić information content (AvgIpc) is 3.15. The highest BCUT2D eigenvalue weighted by Gasteiger charge is 2.33. The van der Waals surface area contributed by atoms with E-state index in [0.29, 0.717) is 36.0 Å². The van der Waals surface area contributed by atoms with Gasteiger partial charge in [0.25, 0.3) is 0 Å². The van der Waals surface area contributed by atoms with E-state index >= 15 is 0 Å². The average molecular weight is 414 g/mol. The fraction of sp³-hybridized carbons (Fsp3) is 0.200. The molecule has 148 valence electrons. The number of carbonyl (C=O) groups excluding carboxylic acids is 2. The minimum atomic E-state index is -0.642. The third-order valence-corrected chi connectivity index (χ3v) is 4.90. The Morgan fingerprint density at radius 3 is 2.38 bits per heavy atom. The Hall–Kier alpha value is -3.26. The first-order valence-electron chi connectivity index (χ1n) is 8.99. The Balaban J connectivity index is 1.40. The maximum absolute atomic E-state index is 13.1. The second-order valence-corrected chi connectivity index (χ2v) is 7.13. The number of rotatable bonds is 5. The lowest BCUT2D eigenvalue weighted by Gasteiger charge is -2.33. The SMILES string of the molecule is O=C1C(=O)N(c2ccc(F)cc2)CCN1Cc1cn(Cc2ccc(Cl)cc2)nn1. The van der Waals surface area contributed by atoms with Gasteiger partial charge in [-0.3, -0.25) is 9.59 Å². The van der Waals surface area contributed by atoms with E-state index in [-0.39, 0.29) is 6.54 Å². The van der Waals surface area contributed by atoms with Crippen LogP contribution in [0.2, 0.25) is 5.02 Å². The van der Waals surface area contributed by atoms with E-state index in [2.05, 4.69) is 10.3 Å². The van der Waals surface area contributed by atoms with Crippen molar-refractivity contribution in [1.82, 2.24) is 19.9 Å². The third kappa shape index (κ3) is 4.27. The fourth-order valence-electron chi connectivity index (χ4n) is 3.15. The van der Waals surface area contributed by atoms with Crippen molar-refractivity contribution in [3.8, 4) is 0 Å². The molecule has 1 saturated heterocycles. The van der Waals surface area contributed by atoms with Crippen LogP contribution >= 0.6 is 11.6 Å². The van der Waals surface area contributed by atoms with Gasteiger partial charge in [0.2, 0.25) is 0 Å². The molecule has 3 aromatic rings. The number of hydrogen-bond donors (Lipinski definition) is 0. The van der Waals surface area contributed by atoms with Gasteiger partial charge in [-0.1, -0.05) is 28.9 Å². The molecule has 0 radical (unpaired) electrons. The Morgan fingerprint density at radius 2 is 1.66 bits per heavy atom. The fourth-order valence-corrected chi connectivity index (χ4v) is 3.28. The number of carbonyl (C=O) groups is 2. The van der Waals surface area contributed by atoms with E-state index in [1.807, 2.05) is 12.1 Å². The zero-order valence-electron chi connectivity index (χ0n) is 15.3. The molecule has 0 aliphatic carbocycles. The zero-order valence-corrected chi connectivity index (χ0v) is 16.1. The van der Waals surface area contributed by atoms with E-state index in [1.165, 1.54) is 34.1 Å². The summed E-state index contributed by atoms with van der Waals surface area (Å²) in [6.07, 6.45) is 1.75. The predicted octanol–water partition coefficient (Wildman–Crippen LogP) is 2.49. The van der Waals surface area contributed by atoms with Crippen molar-refractivity contribution in [2.75, 3.05) is 18.0 Å². The number of aromatic nitrogens is 3. The lowest BCUT2D eigenvalue weighted by molar-refractivity contribution is -0.146. The van der Waals surface area contributed by atoms with Gasteiger partial charge < -0.3 is 9.80 Å². The summed E-state index contributed by atoms with van der Waals surface area (Å²) in [5.74, 6) is -1.66. The minimum absolute atomic E-state index is 0.197. The molecule has 9 heteroatoms. The first-order chi connectivity index (χ1) is 14.0. The van der Waals surface area contributed by atoms with Crippen LogP contribution in [0.1, 0.15) is 11.3 Å². The molecule has 0 spiro atoms. The van der Waals surface area contributed by atoms with Crippen LogP contribution < -0.4 is 4.90 Å². The maximum atomic E-state index is 13.1. The Bertz CT molecular complexity index is 1040. The highest BCUT2D eigenvalue weighted by Crippen LogP contribution is 2.19. The second-order valence-electron chi connectivity index (χ2n) is 6.69. The van der Waals surface area contributed by atoms with Crippen molar-refractivity contribution in [3.05, 3.63) is 76.8 Å². The molecule has 1 aliphatic rings. The highest BCUT2D eigenvalue weighted by molar-refractivity contribution is 6.40. The lowest BCUT2D eigenvalue weighted by Crippen LogP contribution is -2.54.